The molecular formula is C13H17FN2O. The van der Waals surface area contributed by atoms with E-state index in [0.717, 1.165) is 0 Å². The highest BCUT2D eigenvalue weighted by molar-refractivity contribution is 5.33. The lowest BCUT2D eigenvalue weighted by molar-refractivity contribution is 0.0726. The van der Waals surface area contributed by atoms with Gasteiger partial charge in [-0.2, -0.15) is 5.26 Å². The van der Waals surface area contributed by atoms with Crippen molar-refractivity contribution in [1.82, 2.24) is 4.90 Å². The van der Waals surface area contributed by atoms with Gasteiger partial charge < -0.3 is 5.11 Å². The molecule has 0 bridgehead atoms. The van der Waals surface area contributed by atoms with Crippen molar-refractivity contribution in [3.8, 4) is 6.07 Å². The number of nitriles is 1. The van der Waals surface area contributed by atoms with Gasteiger partial charge in [0.15, 0.2) is 0 Å². The van der Waals surface area contributed by atoms with Gasteiger partial charge in [0.2, 0.25) is 0 Å². The molecular weight excluding hydrogens is 219 g/mol. The van der Waals surface area contributed by atoms with Crippen molar-refractivity contribution >= 4 is 0 Å². The number of nitrogens with zero attached hydrogens (tertiary/aromatic N) is 2. The summed E-state index contributed by atoms with van der Waals surface area (Å²) in [5.41, 5.74) is 0.486. The molecule has 0 aliphatic carbocycles. The summed E-state index contributed by atoms with van der Waals surface area (Å²) in [4.78, 5) is 1.85. The molecule has 0 heterocycles. The van der Waals surface area contributed by atoms with Crippen LogP contribution in [-0.2, 0) is 6.54 Å². The van der Waals surface area contributed by atoms with Gasteiger partial charge in [-0.25, -0.2) is 4.39 Å². The van der Waals surface area contributed by atoms with Crippen molar-refractivity contribution < 1.29 is 9.50 Å². The maximum Gasteiger partial charge on any atom is 0.127 e. The smallest absolute Gasteiger partial charge is 0.127 e. The van der Waals surface area contributed by atoms with Gasteiger partial charge in [0.1, 0.15) is 5.82 Å². The van der Waals surface area contributed by atoms with E-state index in [0.29, 0.717) is 17.7 Å². The van der Waals surface area contributed by atoms with Crippen LogP contribution in [0.15, 0.2) is 18.2 Å². The topological polar surface area (TPSA) is 47.3 Å². The van der Waals surface area contributed by atoms with E-state index >= 15 is 0 Å². The van der Waals surface area contributed by atoms with Crippen LogP contribution in [0.25, 0.3) is 0 Å². The summed E-state index contributed by atoms with van der Waals surface area (Å²) in [5, 5.41) is 18.0. The fraction of sp³-hybridized carbons (Fsp3) is 0.462. The number of halogens is 1. The predicted octanol–water partition coefficient (Wildman–Crippen LogP) is 1.90. The van der Waals surface area contributed by atoms with E-state index in [-0.39, 0.29) is 12.4 Å². The van der Waals surface area contributed by atoms with Gasteiger partial charge in [0, 0.05) is 17.6 Å². The number of likely N-dealkylation sites (N-methyl/N-ethyl adjacent to an activating group) is 1. The summed E-state index contributed by atoms with van der Waals surface area (Å²) in [7, 11) is 1.81. The minimum Gasteiger partial charge on any atom is -0.394 e. The van der Waals surface area contributed by atoms with Crippen LogP contribution < -0.4 is 0 Å². The van der Waals surface area contributed by atoms with Crippen LogP contribution in [0.3, 0.4) is 0 Å². The van der Waals surface area contributed by atoms with E-state index in [4.69, 9.17) is 5.26 Å². The highest BCUT2D eigenvalue weighted by atomic mass is 19.1. The molecule has 17 heavy (non-hydrogen) atoms. The normalized spacial score (nSPS) is 11.6. The molecule has 92 valence electrons. The zero-order valence-electron chi connectivity index (χ0n) is 10.4. The predicted molar refractivity (Wildman–Crippen MR) is 63.7 cm³/mol. The standard InChI is InChI=1S/C13H17FN2O/c1-13(2,9-17)16(3)8-11-6-10(7-15)4-5-12(11)14/h4-6,17H,8-9H2,1-3H3. The Morgan fingerprint density at radius 2 is 2.12 bits per heavy atom. The number of hydrogen-bond acceptors (Lipinski definition) is 3. The second-order valence-electron chi connectivity index (χ2n) is 4.74. The molecule has 0 saturated heterocycles. The maximum absolute atomic E-state index is 13.6. The fourth-order valence-electron chi connectivity index (χ4n) is 1.36. The van der Waals surface area contributed by atoms with Crippen LogP contribution in [0.1, 0.15) is 25.0 Å². The van der Waals surface area contributed by atoms with E-state index in [1.807, 2.05) is 31.9 Å². The van der Waals surface area contributed by atoms with Crippen molar-refractivity contribution in [2.45, 2.75) is 25.9 Å². The van der Waals surface area contributed by atoms with Gasteiger partial charge in [-0.05, 0) is 39.1 Å². The molecule has 0 aliphatic heterocycles. The van der Waals surface area contributed by atoms with Gasteiger partial charge in [0.05, 0.1) is 18.2 Å². The summed E-state index contributed by atoms with van der Waals surface area (Å²) in [5.74, 6) is -0.329. The first-order valence-electron chi connectivity index (χ1n) is 5.41. The first kappa shape index (κ1) is 13.6. The third kappa shape index (κ3) is 3.26. The molecule has 3 nitrogen and oxygen atoms in total. The van der Waals surface area contributed by atoms with Gasteiger partial charge in [-0.15, -0.1) is 0 Å². The Morgan fingerprint density at radius 1 is 1.47 bits per heavy atom. The molecule has 0 amide bonds. The quantitative estimate of drug-likeness (QED) is 0.868. The second kappa shape index (κ2) is 5.26. The van der Waals surface area contributed by atoms with Crippen molar-refractivity contribution in [2.24, 2.45) is 0 Å². The van der Waals surface area contributed by atoms with Crippen LogP contribution in [0.4, 0.5) is 4.39 Å². The van der Waals surface area contributed by atoms with Crippen LogP contribution in [0.5, 0.6) is 0 Å². The summed E-state index contributed by atoms with van der Waals surface area (Å²) >= 11 is 0. The SMILES string of the molecule is CN(Cc1cc(C#N)ccc1F)C(C)(C)CO. The first-order valence-corrected chi connectivity index (χ1v) is 5.41. The van der Waals surface area contributed by atoms with E-state index in [1.165, 1.54) is 12.1 Å². The van der Waals surface area contributed by atoms with Crippen LogP contribution >= 0.6 is 0 Å². The fourth-order valence-corrected chi connectivity index (χ4v) is 1.36. The average Bonchev–Trinajstić information content (AvgIpc) is 2.31. The third-order valence-corrected chi connectivity index (χ3v) is 3.00. The molecule has 0 spiro atoms. The van der Waals surface area contributed by atoms with E-state index in [2.05, 4.69) is 0 Å². The zero-order valence-corrected chi connectivity index (χ0v) is 10.4. The summed E-state index contributed by atoms with van der Waals surface area (Å²) in [6.07, 6.45) is 0. The number of aliphatic hydroxyl groups is 1. The largest absolute Gasteiger partial charge is 0.394 e. The first-order chi connectivity index (χ1) is 7.90. The van der Waals surface area contributed by atoms with Crippen molar-refractivity contribution in [2.75, 3.05) is 13.7 Å². The van der Waals surface area contributed by atoms with Crippen LogP contribution in [-0.4, -0.2) is 29.2 Å². The molecule has 0 atom stereocenters. The third-order valence-electron chi connectivity index (χ3n) is 3.00. The number of rotatable bonds is 4. The van der Waals surface area contributed by atoms with Gasteiger partial charge >= 0.3 is 0 Å². The van der Waals surface area contributed by atoms with Gasteiger partial charge in [-0.3, -0.25) is 4.90 Å². The molecule has 1 rings (SSSR count). The van der Waals surface area contributed by atoms with Gasteiger partial charge in [0.25, 0.3) is 0 Å². The average molecular weight is 236 g/mol. The van der Waals surface area contributed by atoms with Crippen molar-refractivity contribution in [3.05, 3.63) is 35.1 Å². The highest BCUT2D eigenvalue weighted by Crippen LogP contribution is 2.18. The van der Waals surface area contributed by atoms with Crippen LogP contribution in [0, 0.1) is 17.1 Å². The summed E-state index contributed by atoms with van der Waals surface area (Å²) in [6, 6.07) is 6.28. The Morgan fingerprint density at radius 3 is 2.65 bits per heavy atom. The van der Waals surface area contributed by atoms with Crippen molar-refractivity contribution in [3.63, 3.8) is 0 Å². The second-order valence-corrected chi connectivity index (χ2v) is 4.74. The molecule has 0 aliphatic rings. The lowest BCUT2D eigenvalue weighted by Crippen LogP contribution is -2.43. The minimum absolute atomic E-state index is 0.0109. The molecule has 1 aromatic carbocycles. The molecule has 0 saturated carbocycles. The maximum atomic E-state index is 13.6. The minimum atomic E-state index is -0.422. The Kier molecular flexibility index (Phi) is 4.22. The van der Waals surface area contributed by atoms with Crippen LogP contribution in [0.2, 0.25) is 0 Å². The molecule has 0 fully saturated rings. The zero-order chi connectivity index (χ0) is 13.1. The van der Waals surface area contributed by atoms with E-state index in [9.17, 15) is 9.50 Å². The Bertz CT molecular complexity index is 438. The Hall–Kier alpha value is -1.44. The molecule has 0 radical (unpaired) electrons. The summed E-state index contributed by atoms with van der Waals surface area (Å²) in [6.45, 7) is 4.09. The highest BCUT2D eigenvalue weighted by Gasteiger charge is 2.23. The molecule has 4 heteroatoms. The summed E-state index contributed by atoms with van der Waals surface area (Å²) < 4.78 is 13.6. The molecule has 1 aromatic rings. The van der Waals surface area contributed by atoms with E-state index in [1.54, 1.807) is 6.07 Å². The lowest BCUT2D eigenvalue weighted by atomic mass is 10.0. The Labute approximate surface area is 101 Å². The molecule has 0 aromatic heterocycles. The van der Waals surface area contributed by atoms with Crippen molar-refractivity contribution in [1.29, 1.82) is 5.26 Å². The number of hydrogen-bond donors (Lipinski definition) is 1. The number of aliphatic hydroxyl groups excluding tert-OH is 1. The lowest BCUT2D eigenvalue weighted by Gasteiger charge is -2.33. The van der Waals surface area contributed by atoms with E-state index < -0.39 is 5.54 Å². The Balaban J connectivity index is 2.92. The molecule has 0 unspecified atom stereocenters. The monoisotopic (exact) mass is 236 g/mol. The number of benzene rings is 1. The molecule has 1 N–H and O–H groups in total. The van der Waals surface area contributed by atoms with Gasteiger partial charge in [-0.1, -0.05) is 0 Å².